The lowest BCUT2D eigenvalue weighted by molar-refractivity contribution is -0.148. The molecule has 1 amide bonds. The maximum Gasteiger partial charge on any atom is 0.328 e. The first kappa shape index (κ1) is 16.9. The van der Waals surface area contributed by atoms with Crippen LogP contribution in [0.2, 0.25) is 0 Å². The third-order valence-electron chi connectivity index (χ3n) is 4.58. The van der Waals surface area contributed by atoms with E-state index in [-0.39, 0.29) is 18.1 Å². The molecule has 1 saturated carbocycles. The van der Waals surface area contributed by atoms with Gasteiger partial charge in [0.05, 0.1) is 0 Å². The van der Waals surface area contributed by atoms with Crippen LogP contribution in [0.1, 0.15) is 37.3 Å². The zero-order valence-electron chi connectivity index (χ0n) is 13.4. The van der Waals surface area contributed by atoms with Gasteiger partial charge in [0, 0.05) is 26.5 Å². The van der Waals surface area contributed by atoms with E-state index in [0.29, 0.717) is 0 Å². The molecule has 0 unspecified atom stereocenters. The van der Waals surface area contributed by atoms with Crippen molar-refractivity contribution in [3.05, 3.63) is 41.5 Å². The average Bonchev–Trinajstić information content (AvgIpc) is 2.45. The fourth-order valence-corrected chi connectivity index (χ4v) is 2.88. The van der Waals surface area contributed by atoms with Crippen molar-refractivity contribution >= 4 is 23.7 Å². The fraction of sp³-hybridized carbons (Fsp3) is 0.389. The summed E-state index contributed by atoms with van der Waals surface area (Å²) in [6.45, 7) is 1.48. The lowest BCUT2D eigenvalue weighted by atomic mass is 9.71. The van der Waals surface area contributed by atoms with Crippen molar-refractivity contribution in [2.75, 3.05) is 7.05 Å². The number of aliphatic carboxylic acids is 1. The van der Waals surface area contributed by atoms with Crippen molar-refractivity contribution in [2.24, 2.45) is 0 Å². The van der Waals surface area contributed by atoms with E-state index < -0.39 is 11.5 Å². The van der Waals surface area contributed by atoms with Crippen molar-refractivity contribution in [2.45, 2.75) is 38.1 Å². The number of carboxylic acid groups (broad SMARTS) is 1. The molecule has 122 valence electrons. The number of carbonyl (C=O) groups is 3. The summed E-state index contributed by atoms with van der Waals surface area (Å²) >= 11 is 0. The summed E-state index contributed by atoms with van der Waals surface area (Å²) in [6, 6.07) is 7.20. The summed E-state index contributed by atoms with van der Waals surface area (Å²) in [5.41, 5.74) is 0.988. The molecule has 0 aromatic heterocycles. The van der Waals surface area contributed by atoms with Crippen LogP contribution in [0, 0.1) is 0 Å². The van der Waals surface area contributed by atoms with Crippen LogP contribution in [0.3, 0.4) is 0 Å². The lowest BCUT2D eigenvalue weighted by Gasteiger charge is -2.47. The molecular weight excluding hydrogens is 294 g/mol. The Bertz CT molecular complexity index is 641. The molecule has 0 heterocycles. The van der Waals surface area contributed by atoms with Gasteiger partial charge in [0.1, 0.15) is 5.54 Å². The first-order valence-electron chi connectivity index (χ1n) is 7.63. The van der Waals surface area contributed by atoms with E-state index in [1.54, 1.807) is 24.1 Å². The molecule has 0 saturated heterocycles. The molecule has 1 aliphatic rings. The Morgan fingerprint density at radius 2 is 1.83 bits per heavy atom. The summed E-state index contributed by atoms with van der Waals surface area (Å²) in [5.74, 6) is -1.02. The van der Waals surface area contributed by atoms with E-state index in [9.17, 15) is 14.4 Å². The molecule has 5 nitrogen and oxygen atoms in total. The Morgan fingerprint density at radius 3 is 2.26 bits per heavy atom. The van der Waals surface area contributed by atoms with Crippen molar-refractivity contribution in [3.63, 3.8) is 0 Å². The summed E-state index contributed by atoms with van der Waals surface area (Å²) in [4.78, 5) is 36.4. The van der Waals surface area contributed by atoms with Gasteiger partial charge in [-0.2, -0.15) is 0 Å². The standard InChI is InChI=1S/C18H21NO4/c1-13(20)19(2)18(10-3-11-18)16(21)12-15-6-4-14(5-7-15)8-9-17(22)23/h4-9H,3,10-12H2,1-2H3,(H,22,23)/b9-8+. The third-order valence-corrected chi connectivity index (χ3v) is 4.58. The van der Waals surface area contributed by atoms with Crippen molar-refractivity contribution in [3.8, 4) is 0 Å². The highest BCUT2D eigenvalue weighted by atomic mass is 16.4. The maximum atomic E-state index is 12.7. The molecule has 0 atom stereocenters. The van der Waals surface area contributed by atoms with Gasteiger partial charge in [0.25, 0.3) is 0 Å². The first-order chi connectivity index (χ1) is 10.8. The van der Waals surface area contributed by atoms with Crippen molar-refractivity contribution in [1.29, 1.82) is 0 Å². The minimum Gasteiger partial charge on any atom is -0.478 e. The van der Waals surface area contributed by atoms with Crippen molar-refractivity contribution < 1.29 is 19.5 Å². The quantitative estimate of drug-likeness (QED) is 0.817. The van der Waals surface area contributed by atoms with E-state index >= 15 is 0 Å². The zero-order valence-corrected chi connectivity index (χ0v) is 13.4. The van der Waals surface area contributed by atoms with Crippen molar-refractivity contribution in [1.82, 2.24) is 4.90 Å². The van der Waals surface area contributed by atoms with Crippen LogP contribution < -0.4 is 0 Å². The molecule has 5 heteroatoms. The number of hydrogen-bond donors (Lipinski definition) is 1. The smallest absolute Gasteiger partial charge is 0.328 e. The normalized spacial score (nSPS) is 15.9. The molecule has 2 rings (SSSR count). The monoisotopic (exact) mass is 315 g/mol. The topological polar surface area (TPSA) is 74.7 Å². The van der Waals surface area contributed by atoms with E-state index in [1.165, 1.54) is 13.0 Å². The molecule has 23 heavy (non-hydrogen) atoms. The van der Waals surface area contributed by atoms with E-state index in [0.717, 1.165) is 36.5 Å². The fourth-order valence-electron chi connectivity index (χ4n) is 2.88. The number of ketones is 1. The molecule has 0 bridgehead atoms. The molecule has 1 aromatic carbocycles. The number of hydrogen-bond acceptors (Lipinski definition) is 3. The second-order valence-corrected chi connectivity index (χ2v) is 5.98. The zero-order chi connectivity index (χ0) is 17.0. The Balaban J connectivity index is 2.08. The molecule has 1 N–H and O–H groups in total. The highest BCUT2D eigenvalue weighted by Gasteiger charge is 2.47. The van der Waals surface area contributed by atoms with Gasteiger partial charge in [-0.05, 0) is 36.5 Å². The molecule has 0 radical (unpaired) electrons. The Kier molecular flexibility index (Phi) is 4.98. The highest BCUT2D eigenvalue weighted by molar-refractivity contribution is 5.94. The SMILES string of the molecule is CC(=O)N(C)C1(C(=O)Cc2ccc(/C=C/C(=O)O)cc2)CCC1. The third kappa shape index (κ3) is 3.67. The summed E-state index contributed by atoms with van der Waals surface area (Å²) in [5, 5.41) is 8.60. The first-order valence-corrected chi connectivity index (χ1v) is 7.63. The highest BCUT2D eigenvalue weighted by Crippen LogP contribution is 2.38. The van der Waals surface area contributed by atoms with E-state index in [1.807, 2.05) is 12.1 Å². The molecule has 1 aliphatic carbocycles. The predicted octanol–water partition coefficient (Wildman–Crippen LogP) is 2.30. The average molecular weight is 315 g/mol. The molecule has 0 aliphatic heterocycles. The Hall–Kier alpha value is -2.43. The van der Waals surface area contributed by atoms with E-state index in [4.69, 9.17) is 5.11 Å². The maximum absolute atomic E-state index is 12.7. The number of Topliss-reactive ketones (excluding diaryl/α,β-unsaturated/α-hetero) is 1. The number of nitrogens with zero attached hydrogens (tertiary/aromatic N) is 1. The number of benzene rings is 1. The minimum atomic E-state index is -0.997. The Morgan fingerprint density at radius 1 is 1.22 bits per heavy atom. The summed E-state index contributed by atoms with van der Waals surface area (Å²) in [6.07, 6.45) is 5.27. The van der Waals surface area contributed by atoms with Gasteiger partial charge >= 0.3 is 5.97 Å². The molecule has 0 spiro atoms. The number of rotatable bonds is 6. The van der Waals surface area contributed by atoms with Gasteiger partial charge in [-0.15, -0.1) is 0 Å². The number of amides is 1. The number of carbonyl (C=O) groups excluding carboxylic acids is 2. The van der Waals surface area contributed by atoms with E-state index in [2.05, 4.69) is 0 Å². The molecule has 1 aromatic rings. The second-order valence-electron chi connectivity index (χ2n) is 5.98. The van der Waals surface area contributed by atoms with Crippen LogP contribution in [-0.2, 0) is 20.8 Å². The van der Waals surface area contributed by atoms with Gasteiger partial charge in [0.15, 0.2) is 5.78 Å². The summed E-state index contributed by atoms with van der Waals surface area (Å²) in [7, 11) is 1.69. The van der Waals surface area contributed by atoms with Gasteiger partial charge in [-0.25, -0.2) is 4.79 Å². The summed E-state index contributed by atoms with van der Waals surface area (Å²) < 4.78 is 0. The van der Waals surface area contributed by atoms with Crippen LogP contribution in [-0.4, -0.2) is 40.3 Å². The van der Waals surface area contributed by atoms with Crippen LogP contribution in [0.4, 0.5) is 0 Å². The number of carboxylic acids is 1. The molecular formula is C18H21NO4. The predicted molar refractivity (Wildman–Crippen MR) is 86.8 cm³/mol. The molecule has 1 fully saturated rings. The minimum absolute atomic E-state index is 0.0651. The van der Waals surface area contributed by atoms with Gasteiger partial charge in [0.2, 0.25) is 5.91 Å². The van der Waals surface area contributed by atoms with Gasteiger partial charge in [-0.1, -0.05) is 24.3 Å². The Labute approximate surface area is 135 Å². The second kappa shape index (κ2) is 6.77. The van der Waals surface area contributed by atoms with Crippen LogP contribution in [0.15, 0.2) is 30.3 Å². The number of likely N-dealkylation sites (N-methyl/N-ethyl adjacent to an activating group) is 1. The van der Waals surface area contributed by atoms with Crippen LogP contribution >= 0.6 is 0 Å². The van der Waals surface area contributed by atoms with Crippen LogP contribution in [0.25, 0.3) is 6.08 Å². The van der Waals surface area contributed by atoms with Gasteiger partial charge in [-0.3, -0.25) is 9.59 Å². The van der Waals surface area contributed by atoms with Crippen LogP contribution in [0.5, 0.6) is 0 Å². The largest absolute Gasteiger partial charge is 0.478 e. The van der Waals surface area contributed by atoms with Gasteiger partial charge < -0.3 is 10.0 Å². The lowest BCUT2D eigenvalue weighted by Crippen LogP contribution is -2.59.